The van der Waals surface area contributed by atoms with Crippen LogP contribution in [-0.2, 0) is 0 Å². The SMILES string of the molecule is CC(C)(Br)[C@@H](Cl)CCO. The van der Waals surface area contributed by atoms with Crippen LogP contribution in [0.4, 0.5) is 0 Å². The molecule has 0 saturated heterocycles. The minimum atomic E-state index is -0.0721. The Morgan fingerprint density at radius 2 is 2.11 bits per heavy atom. The minimum absolute atomic E-state index is 0.00231. The molecule has 0 amide bonds. The van der Waals surface area contributed by atoms with Gasteiger partial charge >= 0.3 is 0 Å². The number of aliphatic hydroxyl groups excluding tert-OH is 1. The average molecular weight is 216 g/mol. The maximum Gasteiger partial charge on any atom is 0.0505 e. The number of aliphatic hydroxyl groups is 1. The van der Waals surface area contributed by atoms with E-state index in [1.54, 1.807) is 0 Å². The van der Waals surface area contributed by atoms with Crippen molar-refractivity contribution in [2.45, 2.75) is 30.0 Å². The van der Waals surface area contributed by atoms with Crippen molar-refractivity contribution >= 4 is 27.5 Å². The van der Waals surface area contributed by atoms with Gasteiger partial charge in [-0.2, -0.15) is 0 Å². The van der Waals surface area contributed by atoms with E-state index in [0.717, 1.165) is 0 Å². The highest BCUT2D eigenvalue weighted by molar-refractivity contribution is 9.10. The zero-order valence-electron chi connectivity index (χ0n) is 5.69. The van der Waals surface area contributed by atoms with Crippen molar-refractivity contribution in [2.75, 3.05) is 6.61 Å². The van der Waals surface area contributed by atoms with Crippen molar-refractivity contribution in [3.05, 3.63) is 0 Å². The molecule has 0 fully saturated rings. The van der Waals surface area contributed by atoms with Crippen molar-refractivity contribution in [1.29, 1.82) is 0 Å². The topological polar surface area (TPSA) is 20.2 Å². The minimum Gasteiger partial charge on any atom is -0.396 e. The highest BCUT2D eigenvalue weighted by atomic mass is 79.9. The Bertz CT molecular complexity index is 79.6. The standard InChI is InChI=1S/C6H12BrClO/c1-6(2,7)5(8)3-4-9/h5,9H,3-4H2,1-2H3/t5-/m0/s1. The summed E-state index contributed by atoms with van der Waals surface area (Å²) in [5.41, 5.74) is 0. The normalized spacial score (nSPS) is 15.7. The molecule has 9 heavy (non-hydrogen) atoms. The Morgan fingerprint density at radius 3 is 2.22 bits per heavy atom. The number of alkyl halides is 2. The Morgan fingerprint density at radius 1 is 1.67 bits per heavy atom. The van der Waals surface area contributed by atoms with E-state index >= 15 is 0 Å². The van der Waals surface area contributed by atoms with Gasteiger partial charge in [0, 0.05) is 10.9 Å². The molecule has 0 aliphatic heterocycles. The van der Waals surface area contributed by atoms with Crippen LogP contribution in [0.15, 0.2) is 0 Å². The van der Waals surface area contributed by atoms with Crippen LogP contribution in [0.2, 0.25) is 0 Å². The Kier molecular flexibility index (Phi) is 4.10. The van der Waals surface area contributed by atoms with Crippen LogP contribution in [-0.4, -0.2) is 21.4 Å². The second kappa shape index (κ2) is 3.79. The van der Waals surface area contributed by atoms with Gasteiger partial charge in [0.05, 0.1) is 5.38 Å². The lowest BCUT2D eigenvalue weighted by Gasteiger charge is -2.21. The Labute approximate surface area is 69.5 Å². The highest BCUT2D eigenvalue weighted by Gasteiger charge is 2.23. The van der Waals surface area contributed by atoms with Gasteiger partial charge in [-0.15, -0.1) is 11.6 Å². The third-order valence-electron chi connectivity index (χ3n) is 1.13. The van der Waals surface area contributed by atoms with Crippen LogP contribution in [0.25, 0.3) is 0 Å². The summed E-state index contributed by atoms with van der Waals surface area (Å²) in [4.78, 5) is 0. The molecule has 0 spiro atoms. The van der Waals surface area contributed by atoms with Crippen LogP contribution in [0.5, 0.6) is 0 Å². The Hall–Kier alpha value is 0.730. The van der Waals surface area contributed by atoms with Crippen LogP contribution in [0.3, 0.4) is 0 Å². The van der Waals surface area contributed by atoms with Gasteiger partial charge in [0.15, 0.2) is 0 Å². The van der Waals surface area contributed by atoms with Crippen LogP contribution < -0.4 is 0 Å². The molecular formula is C6H12BrClO. The fourth-order valence-electron chi connectivity index (χ4n) is 0.457. The first-order valence-electron chi connectivity index (χ1n) is 2.92. The monoisotopic (exact) mass is 214 g/mol. The van der Waals surface area contributed by atoms with Gasteiger partial charge in [-0.25, -0.2) is 0 Å². The molecule has 0 bridgehead atoms. The summed E-state index contributed by atoms with van der Waals surface area (Å²) in [5, 5.41) is 8.50. The van der Waals surface area contributed by atoms with E-state index in [4.69, 9.17) is 16.7 Å². The maximum absolute atomic E-state index is 8.49. The fraction of sp³-hybridized carbons (Fsp3) is 1.00. The van der Waals surface area contributed by atoms with E-state index in [1.807, 2.05) is 13.8 Å². The molecule has 0 unspecified atom stereocenters. The van der Waals surface area contributed by atoms with Crippen molar-refractivity contribution < 1.29 is 5.11 Å². The van der Waals surface area contributed by atoms with Crippen LogP contribution >= 0.6 is 27.5 Å². The summed E-state index contributed by atoms with van der Waals surface area (Å²) in [7, 11) is 0. The summed E-state index contributed by atoms with van der Waals surface area (Å²) in [6, 6.07) is 0. The van der Waals surface area contributed by atoms with Gasteiger partial charge in [-0.05, 0) is 20.3 Å². The first-order valence-corrected chi connectivity index (χ1v) is 4.15. The maximum atomic E-state index is 8.49. The van der Waals surface area contributed by atoms with Gasteiger partial charge in [0.25, 0.3) is 0 Å². The quantitative estimate of drug-likeness (QED) is 0.716. The van der Waals surface area contributed by atoms with Gasteiger partial charge in [0.1, 0.15) is 0 Å². The molecule has 0 saturated carbocycles. The lowest BCUT2D eigenvalue weighted by Crippen LogP contribution is -2.25. The molecule has 1 N–H and O–H groups in total. The highest BCUT2D eigenvalue weighted by Crippen LogP contribution is 2.27. The van der Waals surface area contributed by atoms with E-state index < -0.39 is 0 Å². The van der Waals surface area contributed by atoms with Crippen molar-refractivity contribution in [2.24, 2.45) is 0 Å². The zero-order chi connectivity index (χ0) is 7.49. The third-order valence-corrected chi connectivity index (χ3v) is 2.71. The van der Waals surface area contributed by atoms with Gasteiger partial charge in [0.2, 0.25) is 0 Å². The van der Waals surface area contributed by atoms with E-state index in [2.05, 4.69) is 15.9 Å². The first-order chi connectivity index (χ1) is 3.98. The molecule has 3 heteroatoms. The molecule has 1 nitrogen and oxygen atoms in total. The van der Waals surface area contributed by atoms with E-state index in [0.29, 0.717) is 6.42 Å². The zero-order valence-corrected chi connectivity index (χ0v) is 8.04. The number of rotatable bonds is 3. The predicted molar refractivity (Wildman–Crippen MR) is 44.3 cm³/mol. The summed E-state index contributed by atoms with van der Waals surface area (Å²) >= 11 is 9.25. The predicted octanol–water partition coefficient (Wildman–Crippen LogP) is 2.15. The number of halogens is 2. The second-order valence-corrected chi connectivity index (χ2v) is 5.11. The molecule has 0 aliphatic carbocycles. The molecule has 0 radical (unpaired) electrons. The van der Waals surface area contributed by atoms with E-state index in [-0.39, 0.29) is 16.3 Å². The average Bonchev–Trinajstić information content (AvgIpc) is 1.64. The van der Waals surface area contributed by atoms with Crippen molar-refractivity contribution in [3.8, 4) is 0 Å². The van der Waals surface area contributed by atoms with Crippen molar-refractivity contribution in [1.82, 2.24) is 0 Å². The van der Waals surface area contributed by atoms with Crippen molar-refractivity contribution in [3.63, 3.8) is 0 Å². The van der Waals surface area contributed by atoms with E-state index in [9.17, 15) is 0 Å². The molecular weight excluding hydrogens is 203 g/mol. The smallest absolute Gasteiger partial charge is 0.0505 e. The molecule has 0 rings (SSSR count). The van der Waals surface area contributed by atoms with E-state index in [1.165, 1.54) is 0 Å². The van der Waals surface area contributed by atoms with Crippen LogP contribution in [0.1, 0.15) is 20.3 Å². The molecule has 0 heterocycles. The summed E-state index contributed by atoms with van der Waals surface area (Å²) in [6.45, 7) is 4.13. The molecule has 1 atom stereocenters. The molecule has 0 aromatic heterocycles. The number of hydrogen-bond acceptors (Lipinski definition) is 1. The lowest BCUT2D eigenvalue weighted by atomic mass is 10.1. The molecule has 0 aromatic rings. The summed E-state index contributed by atoms with van der Waals surface area (Å²) in [6.07, 6.45) is 0.639. The van der Waals surface area contributed by atoms with Gasteiger partial charge in [-0.1, -0.05) is 15.9 Å². The van der Waals surface area contributed by atoms with Gasteiger partial charge < -0.3 is 5.11 Å². The molecule has 56 valence electrons. The first kappa shape index (κ1) is 9.73. The molecule has 0 aromatic carbocycles. The largest absolute Gasteiger partial charge is 0.396 e. The summed E-state index contributed by atoms with van der Waals surface area (Å²) < 4.78 is -0.0721. The third kappa shape index (κ3) is 4.18. The number of hydrogen-bond donors (Lipinski definition) is 1. The summed E-state index contributed by atoms with van der Waals surface area (Å²) in [5.74, 6) is 0. The lowest BCUT2D eigenvalue weighted by molar-refractivity contribution is 0.281. The van der Waals surface area contributed by atoms with Crippen LogP contribution in [0, 0.1) is 0 Å². The molecule has 0 aliphatic rings. The fourth-order valence-corrected chi connectivity index (χ4v) is 0.783. The second-order valence-electron chi connectivity index (χ2n) is 2.54. The van der Waals surface area contributed by atoms with Gasteiger partial charge in [-0.3, -0.25) is 0 Å². The Balaban J connectivity index is 3.59.